The quantitative estimate of drug-likeness (QED) is 0.773. The Bertz CT molecular complexity index is 438. The summed E-state index contributed by atoms with van der Waals surface area (Å²) in [6.45, 7) is 0.00862. The monoisotopic (exact) mass is 255 g/mol. The third-order valence-corrected chi connectivity index (χ3v) is 3.46. The molecule has 92 valence electrons. The number of aromatic carboxylic acids is 1. The van der Waals surface area contributed by atoms with E-state index in [0.717, 1.165) is 19.3 Å². The van der Waals surface area contributed by atoms with Crippen molar-refractivity contribution < 1.29 is 15.0 Å². The number of aliphatic hydroxyl groups excluding tert-OH is 1. The highest BCUT2D eigenvalue weighted by Gasteiger charge is 2.36. The molecule has 0 saturated heterocycles. The molecule has 0 amide bonds. The summed E-state index contributed by atoms with van der Waals surface area (Å²) in [4.78, 5) is 11.1. The Morgan fingerprint density at radius 2 is 2.18 bits per heavy atom. The number of aliphatic hydroxyl groups is 1. The maximum Gasteiger partial charge on any atom is 0.337 e. The van der Waals surface area contributed by atoms with Gasteiger partial charge in [0, 0.05) is 10.7 Å². The lowest BCUT2D eigenvalue weighted by Gasteiger charge is -2.42. The lowest BCUT2D eigenvalue weighted by molar-refractivity contribution is 0.0697. The molecule has 1 saturated carbocycles. The molecule has 0 atom stereocenters. The van der Waals surface area contributed by atoms with Crippen LogP contribution in [-0.2, 0) is 0 Å². The van der Waals surface area contributed by atoms with Crippen LogP contribution in [0.15, 0.2) is 18.2 Å². The van der Waals surface area contributed by atoms with Gasteiger partial charge in [-0.3, -0.25) is 0 Å². The van der Waals surface area contributed by atoms with Crippen LogP contribution in [-0.4, -0.2) is 28.3 Å². The van der Waals surface area contributed by atoms with Crippen molar-refractivity contribution in [2.45, 2.75) is 24.8 Å². The molecule has 2 rings (SSSR count). The molecule has 0 aromatic heterocycles. The Morgan fingerprint density at radius 1 is 1.47 bits per heavy atom. The SMILES string of the molecule is O=C(O)c1cc(Cl)ccc1NC1(CO)CCC1. The molecule has 0 bridgehead atoms. The number of benzene rings is 1. The average Bonchev–Trinajstić information content (AvgIpc) is 2.25. The first-order chi connectivity index (χ1) is 8.06. The minimum absolute atomic E-state index is 0.00862. The molecule has 3 N–H and O–H groups in total. The van der Waals surface area contributed by atoms with Crippen molar-refractivity contribution >= 4 is 23.3 Å². The van der Waals surface area contributed by atoms with Crippen LogP contribution in [0, 0.1) is 0 Å². The van der Waals surface area contributed by atoms with Gasteiger partial charge in [-0.15, -0.1) is 0 Å². The van der Waals surface area contributed by atoms with E-state index in [1.807, 2.05) is 0 Å². The van der Waals surface area contributed by atoms with E-state index >= 15 is 0 Å². The zero-order valence-corrected chi connectivity index (χ0v) is 10.00. The van der Waals surface area contributed by atoms with Crippen LogP contribution in [0.1, 0.15) is 29.6 Å². The van der Waals surface area contributed by atoms with Gasteiger partial charge in [-0.05, 0) is 37.5 Å². The number of hydrogen-bond donors (Lipinski definition) is 3. The molecule has 0 radical (unpaired) electrons. The van der Waals surface area contributed by atoms with Crippen molar-refractivity contribution in [3.8, 4) is 0 Å². The summed E-state index contributed by atoms with van der Waals surface area (Å²) in [6.07, 6.45) is 2.75. The summed E-state index contributed by atoms with van der Waals surface area (Å²) in [6, 6.07) is 4.69. The minimum atomic E-state index is -1.03. The van der Waals surface area contributed by atoms with Gasteiger partial charge in [-0.2, -0.15) is 0 Å². The van der Waals surface area contributed by atoms with E-state index in [1.165, 1.54) is 6.07 Å². The topological polar surface area (TPSA) is 69.6 Å². The highest BCUT2D eigenvalue weighted by molar-refractivity contribution is 6.31. The van der Waals surface area contributed by atoms with Crippen LogP contribution in [0.2, 0.25) is 5.02 Å². The zero-order valence-electron chi connectivity index (χ0n) is 9.24. The molecule has 0 aliphatic heterocycles. The average molecular weight is 256 g/mol. The first-order valence-corrected chi connectivity index (χ1v) is 5.86. The number of carboxylic acids is 1. The maximum atomic E-state index is 11.1. The Labute approximate surface area is 104 Å². The normalized spacial score (nSPS) is 17.3. The van der Waals surface area contributed by atoms with E-state index in [4.69, 9.17) is 16.7 Å². The van der Waals surface area contributed by atoms with Gasteiger partial charge >= 0.3 is 5.97 Å². The zero-order chi connectivity index (χ0) is 12.5. The van der Waals surface area contributed by atoms with Crippen LogP contribution < -0.4 is 5.32 Å². The van der Waals surface area contributed by atoms with Crippen molar-refractivity contribution in [1.82, 2.24) is 0 Å². The van der Waals surface area contributed by atoms with Crippen molar-refractivity contribution in [3.05, 3.63) is 28.8 Å². The van der Waals surface area contributed by atoms with Gasteiger partial charge in [0.25, 0.3) is 0 Å². The second-order valence-electron chi connectivity index (χ2n) is 4.41. The number of rotatable bonds is 4. The summed E-state index contributed by atoms with van der Waals surface area (Å²) in [5.74, 6) is -1.03. The fourth-order valence-corrected chi connectivity index (χ4v) is 2.19. The molecule has 1 aliphatic rings. The van der Waals surface area contributed by atoms with E-state index in [0.29, 0.717) is 10.7 Å². The molecule has 1 fully saturated rings. The van der Waals surface area contributed by atoms with Gasteiger partial charge < -0.3 is 15.5 Å². The van der Waals surface area contributed by atoms with E-state index in [1.54, 1.807) is 12.1 Å². The third kappa shape index (κ3) is 2.37. The predicted molar refractivity (Wildman–Crippen MR) is 65.7 cm³/mol. The third-order valence-electron chi connectivity index (χ3n) is 3.23. The van der Waals surface area contributed by atoms with Gasteiger partial charge in [0.05, 0.1) is 17.7 Å². The highest BCUT2D eigenvalue weighted by atomic mass is 35.5. The van der Waals surface area contributed by atoms with Gasteiger partial charge in [-0.25, -0.2) is 4.79 Å². The largest absolute Gasteiger partial charge is 0.478 e. The van der Waals surface area contributed by atoms with Gasteiger partial charge in [0.1, 0.15) is 0 Å². The second kappa shape index (κ2) is 4.55. The summed E-state index contributed by atoms with van der Waals surface area (Å²) in [7, 11) is 0. The number of hydrogen-bond acceptors (Lipinski definition) is 3. The van der Waals surface area contributed by atoms with Crippen LogP contribution in [0.25, 0.3) is 0 Å². The predicted octanol–water partition coefficient (Wildman–Crippen LogP) is 2.37. The minimum Gasteiger partial charge on any atom is -0.478 e. The fourth-order valence-electron chi connectivity index (χ4n) is 2.01. The van der Waals surface area contributed by atoms with Gasteiger partial charge in [0.15, 0.2) is 0 Å². The summed E-state index contributed by atoms with van der Waals surface area (Å²) >= 11 is 5.77. The lowest BCUT2D eigenvalue weighted by atomic mass is 9.77. The van der Waals surface area contributed by atoms with Crippen LogP contribution in [0.5, 0.6) is 0 Å². The fraction of sp³-hybridized carbons (Fsp3) is 0.417. The molecule has 1 aromatic rings. The second-order valence-corrected chi connectivity index (χ2v) is 4.85. The molecule has 1 aromatic carbocycles. The Morgan fingerprint density at radius 3 is 2.65 bits per heavy atom. The first kappa shape index (κ1) is 12.2. The summed E-state index contributed by atoms with van der Waals surface area (Å²) < 4.78 is 0. The van der Waals surface area contributed by atoms with Crippen molar-refractivity contribution in [3.63, 3.8) is 0 Å². The highest BCUT2D eigenvalue weighted by Crippen LogP contribution is 2.36. The summed E-state index contributed by atoms with van der Waals surface area (Å²) in [5, 5.41) is 22.0. The molecule has 17 heavy (non-hydrogen) atoms. The lowest BCUT2D eigenvalue weighted by Crippen LogP contribution is -2.48. The molecule has 5 heteroatoms. The molecule has 0 heterocycles. The molecular weight excluding hydrogens is 242 g/mol. The first-order valence-electron chi connectivity index (χ1n) is 5.48. The van der Waals surface area contributed by atoms with Crippen LogP contribution >= 0.6 is 11.6 Å². The Kier molecular flexibility index (Phi) is 3.26. The number of halogens is 1. The van der Waals surface area contributed by atoms with E-state index in [2.05, 4.69) is 5.32 Å². The van der Waals surface area contributed by atoms with Crippen molar-refractivity contribution in [2.75, 3.05) is 11.9 Å². The molecule has 0 spiro atoms. The van der Waals surface area contributed by atoms with E-state index < -0.39 is 5.97 Å². The van der Waals surface area contributed by atoms with E-state index in [-0.39, 0.29) is 17.7 Å². The number of carbonyl (C=O) groups is 1. The van der Waals surface area contributed by atoms with Crippen LogP contribution in [0.3, 0.4) is 0 Å². The van der Waals surface area contributed by atoms with Gasteiger partial charge in [0.2, 0.25) is 0 Å². The van der Waals surface area contributed by atoms with Crippen LogP contribution in [0.4, 0.5) is 5.69 Å². The van der Waals surface area contributed by atoms with Crippen molar-refractivity contribution in [2.24, 2.45) is 0 Å². The van der Waals surface area contributed by atoms with E-state index in [9.17, 15) is 9.90 Å². The number of nitrogens with one attached hydrogen (secondary N) is 1. The standard InChI is InChI=1S/C12H14ClNO3/c13-8-2-3-10(9(6-8)11(16)17)14-12(7-15)4-1-5-12/h2-3,6,14-15H,1,4-5,7H2,(H,16,17). The Balaban J connectivity index is 2.29. The molecular formula is C12H14ClNO3. The van der Waals surface area contributed by atoms with Crippen molar-refractivity contribution in [1.29, 1.82) is 0 Å². The molecule has 0 unspecified atom stereocenters. The molecule has 4 nitrogen and oxygen atoms in total. The van der Waals surface area contributed by atoms with Gasteiger partial charge in [-0.1, -0.05) is 11.6 Å². The maximum absolute atomic E-state index is 11.1. The number of anilines is 1. The summed E-state index contributed by atoms with van der Waals surface area (Å²) in [5.41, 5.74) is 0.283. The Hall–Kier alpha value is -1.26. The molecule has 1 aliphatic carbocycles. The smallest absolute Gasteiger partial charge is 0.337 e. The number of carboxylic acid groups (broad SMARTS) is 1.